The van der Waals surface area contributed by atoms with Gasteiger partial charge >= 0.3 is 0 Å². The minimum atomic E-state index is -2.62. The van der Waals surface area contributed by atoms with E-state index >= 15 is 0 Å². The van der Waals surface area contributed by atoms with Crippen LogP contribution in [0.4, 0.5) is 8.78 Å². The Morgan fingerprint density at radius 2 is 2.17 bits per heavy atom. The lowest BCUT2D eigenvalue weighted by Gasteiger charge is -2.00. The molecular weight excluding hydrogens is 277 g/mol. The number of pyridine rings is 1. The largest absolute Gasteiger partial charge is 0.281 e. The molecule has 0 unspecified atom stereocenters. The van der Waals surface area contributed by atoms with E-state index in [1.807, 2.05) is 0 Å². The molecule has 0 aliphatic carbocycles. The van der Waals surface area contributed by atoms with Gasteiger partial charge in [0.05, 0.1) is 0 Å². The lowest BCUT2D eigenvalue weighted by Crippen LogP contribution is -1.96. The summed E-state index contributed by atoms with van der Waals surface area (Å²) in [7, 11) is 0. The number of rotatable bonds is 1. The fourth-order valence-corrected chi connectivity index (χ4v) is 1.21. The van der Waals surface area contributed by atoms with Crippen LogP contribution in [0.3, 0.4) is 0 Å². The predicted octanol–water partition coefficient (Wildman–Crippen LogP) is 2.50. The zero-order valence-corrected chi connectivity index (χ0v) is 7.92. The number of nitrogens with zero attached hydrogens (tertiary/aromatic N) is 2. The summed E-state index contributed by atoms with van der Waals surface area (Å²) in [6, 6.07) is 4.56. The number of alkyl halides is 2. The minimum Gasteiger partial charge on any atom is -0.235 e. The van der Waals surface area contributed by atoms with Crippen LogP contribution < -0.4 is 0 Å². The van der Waals surface area contributed by atoms with Crippen LogP contribution in [0.25, 0.3) is 0 Å². The van der Waals surface area contributed by atoms with E-state index in [1.165, 1.54) is 12.1 Å². The average Bonchev–Trinajstić information content (AvgIpc) is 2.05. The molecule has 1 rings (SSSR count). The Bertz CT molecular complexity index is 333. The van der Waals surface area contributed by atoms with Gasteiger partial charge in [-0.1, -0.05) is 0 Å². The van der Waals surface area contributed by atoms with Gasteiger partial charge in [0.25, 0.3) is 6.43 Å². The highest BCUT2D eigenvalue weighted by molar-refractivity contribution is 14.1. The lowest BCUT2D eigenvalue weighted by atomic mass is 10.3. The van der Waals surface area contributed by atoms with E-state index in [0.29, 0.717) is 3.57 Å². The zero-order valence-electron chi connectivity index (χ0n) is 5.76. The minimum absolute atomic E-state index is 0.0192. The lowest BCUT2D eigenvalue weighted by molar-refractivity contribution is 0.145. The number of nitriles is 1. The van der Waals surface area contributed by atoms with Gasteiger partial charge in [-0.2, -0.15) is 5.26 Å². The number of hydrogen-bond donors (Lipinski definition) is 0. The van der Waals surface area contributed by atoms with Crippen molar-refractivity contribution < 1.29 is 8.78 Å². The molecule has 0 amide bonds. The second-order valence-corrected chi connectivity index (χ2v) is 3.14. The first-order valence-corrected chi connectivity index (χ1v) is 4.07. The first kappa shape index (κ1) is 9.32. The third kappa shape index (κ3) is 1.88. The van der Waals surface area contributed by atoms with Crippen molar-refractivity contribution in [2.75, 3.05) is 0 Å². The molecule has 0 spiro atoms. The van der Waals surface area contributed by atoms with Crippen LogP contribution in [0, 0.1) is 14.9 Å². The molecule has 0 bridgehead atoms. The second-order valence-electron chi connectivity index (χ2n) is 1.98. The molecule has 0 saturated carbocycles. The van der Waals surface area contributed by atoms with Gasteiger partial charge in [-0.25, -0.2) is 13.8 Å². The van der Waals surface area contributed by atoms with E-state index < -0.39 is 6.43 Å². The number of hydrogen-bond acceptors (Lipinski definition) is 2. The van der Waals surface area contributed by atoms with Gasteiger partial charge < -0.3 is 0 Å². The molecule has 0 saturated heterocycles. The van der Waals surface area contributed by atoms with Gasteiger partial charge in [0, 0.05) is 3.57 Å². The quantitative estimate of drug-likeness (QED) is 0.741. The third-order valence-electron chi connectivity index (χ3n) is 1.19. The topological polar surface area (TPSA) is 36.7 Å². The summed E-state index contributed by atoms with van der Waals surface area (Å²) >= 11 is 1.76. The van der Waals surface area contributed by atoms with E-state index in [9.17, 15) is 8.78 Å². The van der Waals surface area contributed by atoms with Crippen LogP contribution in [0.5, 0.6) is 0 Å². The highest BCUT2D eigenvalue weighted by Gasteiger charge is 2.13. The van der Waals surface area contributed by atoms with E-state index in [-0.39, 0.29) is 11.4 Å². The second kappa shape index (κ2) is 3.76. The average molecular weight is 280 g/mol. The summed E-state index contributed by atoms with van der Waals surface area (Å²) in [5.41, 5.74) is -0.305. The maximum atomic E-state index is 12.2. The Morgan fingerprint density at radius 3 is 2.67 bits per heavy atom. The molecule has 62 valence electrons. The third-order valence-corrected chi connectivity index (χ3v) is 2.11. The molecule has 0 atom stereocenters. The fraction of sp³-hybridized carbons (Fsp3) is 0.143. The molecule has 12 heavy (non-hydrogen) atoms. The van der Waals surface area contributed by atoms with Crippen LogP contribution in [-0.2, 0) is 0 Å². The molecule has 2 nitrogen and oxygen atoms in total. The summed E-state index contributed by atoms with van der Waals surface area (Å²) < 4.78 is 24.7. The monoisotopic (exact) mass is 280 g/mol. The molecule has 0 aliphatic heterocycles. The van der Waals surface area contributed by atoms with Crippen molar-refractivity contribution in [3.8, 4) is 6.07 Å². The van der Waals surface area contributed by atoms with Crippen LogP contribution in [-0.4, -0.2) is 4.98 Å². The molecule has 1 aromatic rings. The van der Waals surface area contributed by atoms with Gasteiger partial charge in [-0.3, -0.25) is 0 Å². The molecule has 0 N–H and O–H groups in total. The SMILES string of the molecule is N#Cc1ccc(I)c(C(F)F)n1. The first-order valence-electron chi connectivity index (χ1n) is 3.00. The van der Waals surface area contributed by atoms with Crippen molar-refractivity contribution in [3.05, 3.63) is 27.1 Å². The van der Waals surface area contributed by atoms with Crippen LogP contribution in [0.15, 0.2) is 12.1 Å². The summed E-state index contributed by atoms with van der Waals surface area (Å²) in [6.45, 7) is 0. The Balaban J connectivity index is 3.19. The van der Waals surface area contributed by atoms with Gasteiger partial charge in [-0.15, -0.1) is 0 Å². The standard InChI is InChI=1S/C7H3F2IN2/c8-7(9)6-5(10)2-1-4(3-11)12-6/h1-2,7H. The Labute approximate surface area is 81.4 Å². The van der Waals surface area contributed by atoms with E-state index in [4.69, 9.17) is 5.26 Å². The van der Waals surface area contributed by atoms with Crippen LogP contribution in [0.2, 0.25) is 0 Å². The summed E-state index contributed by atoms with van der Waals surface area (Å²) in [5.74, 6) is 0. The molecule has 0 aliphatic rings. The zero-order chi connectivity index (χ0) is 9.14. The van der Waals surface area contributed by atoms with Gasteiger partial charge in [0.15, 0.2) is 0 Å². The molecule has 0 aromatic carbocycles. The van der Waals surface area contributed by atoms with Crippen molar-refractivity contribution in [2.24, 2.45) is 0 Å². The Hall–Kier alpha value is -0.770. The van der Waals surface area contributed by atoms with Gasteiger partial charge in [-0.05, 0) is 34.7 Å². The summed E-state index contributed by atoms with van der Waals surface area (Å²) in [4.78, 5) is 3.47. The smallest absolute Gasteiger partial charge is 0.235 e. The number of aromatic nitrogens is 1. The van der Waals surface area contributed by atoms with Crippen molar-refractivity contribution in [1.82, 2.24) is 4.98 Å². The van der Waals surface area contributed by atoms with Crippen LogP contribution in [0.1, 0.15) is 17.8 Å². The van der Waals surface area contributed by atoms with Gasteiger partial charge in [0.1, 0.15) is 17.5 Å². The Kier molecular flexibility index (Phi) is 2.92. The van der Waals surface area contributed by atoms with E-state index in [0.717, 1.165) is 0 Å². The fourth-order valence-electron chi connectivity index (χ4n) is 0.673. The molecule has 0 radical (unpaired) electrons. The van der Waals surface area contributed by atoms with E-state index in [1.54, 1.807) is 28.7 Å². The van der Waals surface area contributed by atoms with Crippen molar-refractivity contribution in [2.45, 2.75) is 6.43 Å². The molecule has 5 heteroatoms. The normalized spacial score (nSPS) is 9.92. The van der Waals surface area contributed by atoms with Crippen molar-refractivity contribution >= 4 is 22.6 Å². The highest BCUT2D eigenvalue weighted by Crippen LogP contribution is 2.22. The first-order chi connectivity index (χ1) is 5.65. The summed E-state index contributed by atoms with van der Waals surface area (Å²) in [5, 5.41) is 8.37. The molecule has 1 heterocycles. The van der Waals surface area contributed by atoms with Crippen molar-refractivity contribution in [3.63, 3.8) is 0 Å². The maximum Gasteiger partial charge on any atom is 0.281 e. The molecule has 1 aromatic heterocycles. The number of halogens is 3. The molecular formula is C7H3F2IN2. The molecule has 0 fully saturated rings. The van der Waals surface area contributed by atoms with E-state index in [2.05, 4.69) is 4.98 Å². The Morgan fingerprint density at radius 1 is 1.50 bits per heavy atom. The van der Waals surface area contributed by atoms with Crippen LogP contribution >= 0.6 is 22.6 Å². The predicted molar refractivity (Wildman–Crippen MR) is 46.6 cm³/mol. The van der Waals surface area contributed by atoms with Gasteiger partial charge in [0.2, 0.25) is 0 Å². The van der Waals surface area contributed by atoms with Crippen molar-refractivity contribution in [1.29, 1.82) is 5.26 Å². The maximum absolute atomic E-state index is 12.2. The highest BCUT2D eigenvalue weighted by atomic mass is 127. The summed E-state index contributed by atoms with van der Waals surface area (Å²) in [6.07, 6.45) is -2.62.